The first-order valence-corrected chi connectivity index (χ1v) is 7.17. The van der Waals surface area contributed by atoms with Crippen LogP contribution in [-0.2, 0) is 14.3 Å². The summed E-state index contributed by atoms with van der Waals surface area (Å²) in [5.74, 6) is 0.467. The quantitative estimate of drug-likeness (QED) is 0.555. The Balaban J connectivity index is 0.00000324. The molecule has 0 aromatic carbocycles. The normalized spacial score (nSPS) is 17.4. The molecule has 0 heterocycles. The highest BCUT2D eigenvalue weighted by atomic mass is 35.5. The Hall–Kier alpha value is -0.610. The van der Waals surface area contributed by atoms with E-state index < -0.39 is 0 Å². The Labute approximate surface area is 122 Å². The molecule has 0 amide bonds. The molecule has 1 unspecified atom stereocenters. The standard InChI is InChI=1S/C14H25NO3.ClH/c1-3-18-14(17)11(2)15-10-9-13(16)12-7-5-4-6-8-12;/h11-12,15H,3-10H2,1-2H3;1H. The Morgan fingerprint density at radius 2 is 1.89 bits per heavy atom. The molecule has 0 aromatic rings. The van der Waals surface area contributed by atoms with Gasteiger partial charge in [-0.05, 0) is 26.7 Å². The lowest BCUT2D eigenvalue weighted by molar-refractivity contribution is -0.674. The Morgan fingerprint density at radius 1 is 1.26 bits per heavy atom. The Morgan fingerprint density at radius 3 is 2.47 bits per heavy atom. The van der Waals surface area contributed by atoms with Gasteiger partial charge in [-0.2, -0.15) is 0 Å². The monoisotopic (exact) mass is 291 g/mol. The van der Waals surface area contributed by atoms with Gasteiger partial charge in [-0.3, -0.25) is 4.79 Å². The first kappa shape index (κ1) is 18.4. The summed E-state index contributed by atoms with van der Waals surface area (Å²) in [5, 5.41) is 1.90. The minimum absolute atomic E-state index is 0. The number of carbonyl (C=O) groups is 2. The predicted molar refractivity (Wildman–Crippen MR) is 69.1 cm³/mol. The number of esters is 1. The Kier molecular flexibility index (Phi) is 9.88. The number of ether oxygens (including phenoxy) is 1. The minimum atomic E-state index is -0.205. The molecule has 1 rings (SSSR count). The molecule has 1 atom stereocenters. The van der Waals surface area contributed by atoms with Crippen LogP contribution in [0.3, 0.4) is 0 Å². The van der Waals surface area contributed by atoms with Gasteiger partial charge in [-0.1, -0.05) is 19.3 Å². The molecular weight excluding hydrogens is 266 g/mol. The maximum Gasteiger partial charge on any atom is 0.364 e. The zero-order valence-corrected chi connectivity index (χ0v) is 12.7. The van der Waals surface area contributed by atoms with Crippen LogP contribution in [-0.4, -0.2) is 30.9 Å². The topological polar surface area (TPSA) is 60.0 Å². The van der Waals surface area contributed by atoms with Crippen LogP contribution < -0.4 is 17.7 Å². The van der Waals surface area contributed by atoms with E-state index in [0.717, 1.165) is 12.8 Å². The average Bonchev–Trinajstić information content (AvgIpc) is 2.39. The summed E-state index contributed by atoms with van der Waals surface area (Å²) in [6.45, 7) is 4.73. The molecule has 5 heteroatoms. The van der Waals surface area contributed by atoms with Crippen molar-refractivity contribution >= 4 is 11.8 Å². The van der Waals surface area contributed by atoms with Crippen molar-refractivity contribution < 1.29 is 32.0 Å². The third kappa shape index (κ3) is 6.92. The van der Waals surface area contributed by atoms with Crippen LogP contribution in [0, 0.1) is 5.92 Å². The fraction of sp³-hybridized carbons (Fsp3) is 0.857. The number of carbonyl (C=O) groups excluding carboxylic acids is 2. The van der Waals surface area contributed by atoms with Crippen molar-refractivity contribution in [2.75, 3.05) is 13.2 Å². The maximum absolute atomic E-state index is 11.9. The molecule has 1 fully saturated rings. The van der Waals surface area contributed by atoms with Crippen LogP contribution in [0.1, 0.15) is 52.4 Å². The molecule has 0 bridgehead atoms. The highest BCUT2D eigenvalue weighted by Crippen LogP contribution is 2.24. The van der Waals surface area contributed by atoms with E-state index in [4.69, 9.17) is 4.74 Å². The number of rotatable bonds is 7. The van der Waals surface area contributed by atoms with Crippen molar-refractivity contribution in [3.8, 4) is 0 Å². The number of hydrogen-bond donors (Lipinski definition) is 1. The molecule has 19 heavy (non-hydrogen) atoms. The van der Waals surface area contributed by atoms with E-state index in [0.29, 0.717) is 25.4 Å². The van der Waals surface area contributed by atoms with Crippen LogP contribution in [0.5, 0.6) is 0 Å². The van der Waals surface area contributed by atoms with Gasteiger partial charge in [0.25, 0.3) is 0 Å². The van der Waals surface area contributed by atoms with E-state index in [1.165, 1.54) is 19.3 Å². The molecule has 0 saturated heterocycles. The molecule has 0 spiro atoms. The van der Waals surface area contributed by atoms with Gasteiger partial charge in [0.2, 0.25) is 0 Å². The van der Waals surface area contributed by atoms with Crippen LogP contribution in [0.2, 0.25) is 0 Å². The van der Waals surface area contributed by atoms with Gasteiger partial charge in [-0.15, -0.1) is 0 Å². The lowest BCUT2D eigenvalue weighted by Crippen LogP contribution is -3.00. The largest absolute Gasteiger partial charge is 1.00 e. The molecule has 0 aromatic heterocycles. The maximum atomic E-state index is 11.9. The van der Waals surface area contributed by atoms with Crippen molar-refractivity contribution in [1.82, 2.24) is 0 Å². The summed E-state index contributed by atoms with van der Waals surface area (Å²) < 4.78 is 4.92. The van der Waals surface area contributed by atoms with Crippen LogP contribution in [0.15, 0.2) is 0 Å². The Bertz CT molecular complexity index is 278. The van der Waals surface area contributed by atoms with Gasteiger partial charge in [0.05, 0.1) is 19.6 Å². The highest BCUT2D eigenvalue weighted by Gasteiger charge is 2.22. The molecule has 2 N–H and O–H groups in total. The van der Waals surface area contributed by atoms with Crippen molar-refractivity contribution in [2.24, 2.45) is 5.92 Å². The predicted octanol–water partition coefficient (Wildman–Crippen LogP) is -1.96. The van der Waals surface area contributed by atoms with Gasteiger partial charge in [0.15, 0.2) is 6.04 Å². The number of ketones is 1. The fourth-order valence-electron chi connectivity index (χ4n) is 2.47. The lowest BCUT2D eigenvalue weighted by Gasteiger charge is -2.20. The summed E-state index contributed by atoms with van der Waals surface area (Å²) in [6.07, 6.45) is 6.36. The average molecular weight is 292 g/mol. The summed E-state index contributed by atoms with van der Waals surface area (Å²) in [5.41, 5.74) is 0. The number of hydrogen-bond acceptors (Lipinski definition) is 3. The third-order valence-corrected chi connectivity index (χ3v) is 3.63. The lowest BCUT2D eigenvalue weighted by atomic mass is 9.85. The number of Topliss-reactive ketones (excluding diaryl/α,β-unsaturated/α-hetero) is 1. The number of nitrogens with two attached hydrogens (primary N) is 1. The van der Waals surface area contributed by atoms with Crippen LogP contribution >= 0.6 is 0 Å². The van der Waals surface area contributed by atoms with Crippen LogP contribution in [0.4, 0.5) is 0 Å². The zero-order chi connectivity index (χ0) is 13.4. The molecule has 112 valence electrons. The third-order valence-electron chi connectivity index (χ3n) is 3.63. The van der Waals surface area contributed by atoms with Crippen molar-refractivity contribution in [1.29, 1.82) is 0 Å². The minimum Gasteiger partial charge on any atom is -1.00 e. The van der Waals surface area contributed by atoms with Gasteiger partial charge >= 0.3 is 5.97 Å². The van der Waals surface area contributed by atoms with Gasteiger partial charge in [0, 0.05) is 5.92 Å². The van der Waals surface area contributed by atoms with E-state index in [9.17, 15) is 9.59 Å². The van der Waals surface area contributed by atoms with E-state index in [1.54, 1.807) is 6.92 Å². The van der Waals surface area contributed by atoms with E-state index in [1.807, 2.05) is 12.2 Å². The highest BCUT2D eigenvalue weighted by molar-refractivity contribution is 5.81. The second-order valence-corrected chi connectivity index (χ2v) is 5.12. The SMILES string of the molecule is CCOC(=O)C(C)[NH2+]CCC(=O)C1CCCCC1.[Cl-]. The molecule has 1 aliphatic rings. The van der Waals surface area contributed by atoms with E-state index in [2.05, 4.69) is 0 Å². The molecular formula is C14H26ClNO3. The first-order valence-electron chi connectivity index (χ1n) is 7.17. The van der Waals surface area contributed by atoms with Crippen molar-refractivity contribution in [3.63, 3.8) is 0 Å². The van der Waals surface area contributed by atoms with Crippen molar-refractivity contribution in [2.45, 2.75) is 58.4 Å². The zero-order valence-electron chi connectivity index (χ0n) is 12.0. The first-order chi connectivity index (χ1) is 8.65. The number of halogens is 1. The summed E-state index contributed by atoms with van der Waals surface area (Å²) in [6, 6.07) is -0.205. The van der Waals surface area contributed by atoms with Gasteiger partial charge < -0.3 is 22.5 Å². The van der Waals surface area contributed by atoms with E-state index in [-0.39, 0.29) is 30.3 Å². The smallest absolute Gasteiger partial charge is 0.364 e. The fourth-order valence-corrected chi connectivity index (χ4v) is 2.47. The van der Waals surface area contributed by atoms with Gasteiger partial charge in [-0.25, -0.2) is 4.79 Å². The molecule has 1 aliphatic carbocycles. The summed E-state index contributed by atoms with van der Waals surface area (Å²) in [4.78, 5) is 23.3. The summed E-state index contributed by atoms with van der Waals surface area (Å²) >= 11 is 0. The molecule has 1 saturated carbocycles. The molecule has 0 radical (unpaired) electrons. The summed E-state index contributed by atoms with van der Waals surface area (Å²) in [7, 11) is 0. The van der Waals surface area contributed by atoms with Crippen molar-refractivity contribution in [3.05, 3.63) is 0 Å². The van der Waals surface area contributed by atoms with Gasteiger partial charge in [0.1, 0.15) is 5.78 Å². The molecule has 4 nitrogen and oxygen atoms in total. The second kappa shape index (κ2) is 10.2. The molecule has 0 aliphatic heterocycles. The van der Waals surface area contributed by atoms with E-state index >= 15 is 0 Å². The van der Waals surface area contributed by atoms with Crippen LogP contribution in [0.25, 0.3) is 0 Å². The number of quaternary nitrogens is 1. The second-order valence-electron chi connectivity index (χ2n) is 5.12.